The van der Waals surface area contributed by atoms with Crippen molar-refractivity contribution in [3.63, 3.8) is 0 Å². The molecular weight excluding hydrogens is 439 g/mol. The molecule has 3 atom stereocenters. The van der Waals surface area contributed by atoms with Gasteiger partial charge in [0.1, 0.15) is 11.4 Å². The summed E-state index contributed by atoms with van der Waals surface area (Å²) in [6.07, 6.45) is 0.630. The molecule has 1 heterocycles. The summed E-state index contributed by atoms with van der Waals surface area (Å²) < 4.78 is 31.4. The van der Waals surface area contributed by atoms with Crippen LogP contribution < -0.4 is 9.83 Å². The largest absolute Gasteiger partial charge is 0.463 e. The van der Waals surface area contributed by atoms with E-state index < -0.39 is 30.8 Å². The molecule has 0 aliphatic carbocycles. The molecule has 0 bridgehead atoms. The fourth-order valence-corrected chi connectivity index (χ4v) is 6.19. The van der Waals surface area contributed by atoms with Crippen molar-refractivity contribution < 1.29 is 28.2 Å². The lowest BCUT2D eigenvalue weighted by molar-refractivity contribution is -0.165. The molecule has 6 nitrogen and oxygen atoms in total. The highest BCUT2D eigenvalue weighted by Crippen LogP contribution is 2.55. The predicted molar refractivity (Wildman–Crippen MR) is 129 cm³/mol. The standard InChI is InChI=1S/C26H33O6P/c1-6-18(3)30-24(27)16-19(25(28)31-26(4,5)7-2)17-33(29)23-15-11-9-13-21(23)20-12-8-10-14-22(20)32-33/h8-15,18-19H,6-7,16-17H2,1-5H3. The molecule has 0 saturated heterocycles. The Morgan fingerprint density at radius 3 is 2.33 bits per heavy atom. The third-order valence-electron chi connectivity index (χ3n) is 6.04. The van der Waals surface area contributed by atoms with Gasteiger partial charge in [-0.25, -0.2) is 0 Å². The summed E-state index contributed by atoms with van der Waals surface area (Å²) in [4.78, 5) is 25.8. The van der Waals surface area contributed by atoms with Crippen molar-refractivity contribution in [2.24, 2.45) is 5.92 Å². The average Bonchev–Trinajstić information content (AvgIpc) is 2.78. The number of para-hydroxylation sites is 1. The molecule has 33 heavy (non-hydrogen) atoms. The number of rotatable bonds is 9. The summed E-state index contributed by atoms with van der Waals surface area (Å²) in [6, 6.07) is 14.7. The van der Waals surface area contributed by atoms with Crippen LogP contribution in [0.15, 0.2) is 48.5 Å². The van der Waals surface area contributed by atoms with Crippen molar-refractivity contribution in [2.75, 3.05) is 6.16 Å². The third-order valence-corrected chi connectivity index (χ3v) is 8.57. The number of benzene rings is 2. The van der Waals surface area contributed by atoms with Crippen LogP contribution in [-0.4, -0.2) is 29.8 Å². The van der Waals surface area contributed by atoms with E-state index in [1.54, 1.807) is 25.1 Å². The van der Waals surface area contributed by atoms with E-state index in [0.29, 0.717) is 23.9 Å². The van der Waals surface area contributed by atoms with Crippen LogP contribution in [0.3, 0.4) is 0 Å². The van der Waals surface area contributed by atoms with Gasteiger partial charge in [-0.1, -0.05) is 50.2 Å². The van der Waals surface area contributed by atoms with E-state index in [4.69, 9.17) is 14.0 Å². The minimum absolute atomic E-state index is 0.146. The fourth-order valence-electron chi connectivity index (χ4n) is 3.61. The second-order valence-corrected chi connectivity index (χ2v) is 11.5. The molecule has 0 amide bonds. The number of hydrogen-bond donors (Lipinski definition) is 0. The van der Waals surface area contributed by atoms with Crippen molar-refractivity contribution in [3.8, 4) is 16.9 Å². The molecule has 0 saturated carbocycles. The van der Waals surface area contributed by atoms with Gasteiger partial charge in [0.25, 0.3) is 7.37 Å². The van der Waals surface area contributed by atoms with Crippen LogP contribution in [0.4, 0.5) is 0 Å². The zero-order valence-electron chi connectivity index (χ0n) is 20.0. The smallest absolute Gasteiger partial charge is 0.310 e. The van der Waals surface area contributed by atoms with Crippen molar-refractivity contribution in [2.45, 2.75) is 65.6 Å². The maximum Gasteiger partial charge on any atom is 0.310 e. The first kappa shape index (κ1) is 25.0. The molecule has 7 heteroatoms. The molecule has 2 aromatic rings. The number of ether oxygens (including phenoxy) is 2. The quantitative estimate of drug-likeness (QED) is 0.343. The zero-order valence-corrected chi connectivity index (χ0v) is 20.9. The van der Waals surface area contributed by atoms with Gasteiger partial charge in [0, 0.05) is 5.56 Å². The summed E-state index contributed by atoms with van der Waals surface area (Å²) in [6.45, 7) is 9.24. The van der Waals surface area contributed by atoms with Gasteiger partial charge in [-0.05, 0) is 51.3 Å². The molecule has 0 N–H and O–H groups in total. The minimum Gasteiger partial charge on any atom is -0.463 e. The van der Waals surface area contributed by atoms with E-state index in [-0.39, 0.29) is 18.7 Å². The lowest BCUT2D eigenvalue weighted by Crippen LogP contribution is -2.35. The van der Waals surface area contributed by atoms with Gasteiger partial charge in [-0.2, -0.15) is 0 Å². The second-order valence-electron chi connectivity index (χ2n) is 9.10. The molecule has 3 rings (SSSR count). The van der Waals surface area contributed by atoms with Crippen LogP contribution in [0, 0.1) is 5.92 Å². The number of esters is 2. The Morgan fingerprint density at radius 1 is 1.03 bits per heavy atom. The number of carbonyl (C=O) groups is 2. The first-order chi connectivity index (χ1) is 15.6. The van der Waals surface area contributed by atoms with Crippen molar-refractivity contribution in [1.82, 2.24) is 0 Å². The zero-order chi connectivity index (χ0) is 24.2. The van der Waals surface area contributed by atoms with Crippen LogP contribution in [0.25, 0.3) is 11.1 Å². The molecule has 0 spiro atoms. The van der Waals surface area contributed by atoms with Gasteiger partial charge in [0.2, 0.25) is 0 Å². The van der Waals surface area contributed by atoms with E-state index >= 15 is 0 Å². The first-order valence-corrected chi connectivity index (χ1v) is 13.3. The monoisotopic (exact) mass is 472 g/mol. The molecule has 3 unspecified atom stereocenters. The Morgan fingerprint density at radius 2 is 1.67 bits per heavy atom. The highest BCUT2D eigenvalue weighted by atomic mass is 31.2. The normalized spacial score (nSPS) is 18.8. The molecule has 0 radical (unpaired) electrons. The number of carbonyl (C=O) groups excluding carboxylic acids is 2. The Hall–Kier alpha value is -2.59. The van der Waals surface area contributed by atoms with Crippen molar-refractivity contribution >= 4 is 24.6 Å². The molecule has 1 aliphatic heterocycles. The van der Waals surface area contributed by atoms with E-state index in [1.165, 1.54) is 0 Å². The van der Waals surface area contributed by atoms with Gasteiger partial charge in [-0.3, -0.25) is 14.2 Å². The van der Waals surface area contributed by atoms with Gasteiger partial charge in [-0.15, -0.1) is 0 Å². The Bertz CT molecular complexity index is 1060. The lowest BCUT2D eigenvalue weighted by Gasteiger charge is -2.32. The van der Waals surface area contributed by atoms with Crippen molar-refractivity contribution in [1.29, 1.82) is 0 Å². The Labute approximate surface area is 196 Å². The second kappa shape index (κ2) is 10.1. The van der Waals surface area contributed by atoms with Crippen LogP contribution in [-0.2, 0) is 23.6 Å². The average molecular weight is 473 g/mol. The van der Waals surface area contributed by atoms with Gasteiger partial charge in [0.15, 0.2) is 0 Å². The SMILES string of the molecule is CCC(C)OC(=O)CC(CP1(=O)Oc2ccccc2-c2ccccc21)C(=O)OC(C)(C)CC. The number of hydrogen-bond acceptors (Lipinski definition) is 6. The highest BCUT2D eigenvalue weighted by molar-refractivity contribution is 7.67. The summed E-state index contributed by atoms with van der Waals surface area (Å²) in [5, 5.41) is 0.548. The van der Waals surface area contributed by atoms with Gasteiger partial charge < -0.3 is 14.0 Å². The molecule has 178 valence electrons. The van der Waals surface area contributed by atoms with Crippen molar-refractivity contribution in [3.05, 3.63) is 48.5 Å². The summed E-state index contributed by atoms with van der Waals surface area (Å²) in [5.74, 6) is -1.55. The fraction of sp³-hybridized carbons (Fsp3) is 0.462. The topological polar surface area (TPSA) is 78.9 Å². The lowest BCUT2D eigenvalue weighted by atomic mass is 10.0. The number of fused-ring (bicyclic) bond motifs is 3. The maximum absolute atomic E-state index is 14.2. The van der Waals surface area contributed by atoms with Crippen LogP contribution in [0.1, 0.15) is 53.9 Å². The van der Waals surface area contributed by atoms with E-state index in [2.05, 4.69) is 0 Å². The summed E-state index contributed by atoms with van der Waals surface area (Å²) in [5.41, 5.74) is 0.954. The minimum atomic E-state index is -3.53. The molecule has 1 aliphatic rings. The van der Waals surface area contributed by atoms with E-state index in [1.807, 2.05) is 58.0 Å². The van der Waals surface area contributed by atoms with Crippen LogP contribution >= 0.6 is 7.37 Å². The van der Waals surface area contributed by atoms with Crippen LogP contribution in [0.5, 0.6) is 5.75 Å². The van der Waals surface area contributed by atoms with Gasteiger partial charge in [0.05, 0.1) is 29.9 Å². The molecule has 2 aromatic carbocycles. The highest BCUT2D eigenvalue weighted by Gasteiger charge is 2.42. The molecular formula is C26H33O6P. The van der Waals surface area contributed by atoms with Gasteiger partial charge >= 0.3 is 11.9 Å². The first-order valence-electron chi connectivity index (χ1n) is 11.5. The predicted octanol–water partition coefficient (Wildman–Crippen LogP) is 5.73. The summed E-state index contributed by atoms with van der Waals surface area (Å²) in [7, 11) is -3.53. The Balaban J connectivity index is 1.95. The molecule has 0 fully saturated rings. The van der Waals surface area contributed by atoms with Crippen LogP contribution in [0.2, 0.25) is 0 Å². The summed E-state index contributed by atoms with van der Waals surface area (Å²) >= 11 is 0. The van der Waals surface area contributed by atoms with E-state index in [9.17, 15) is 14.2 Å². The molecule has 0 aromatic heterocycles. The third kappa shape index (κ3) is 5.86. The maximum atomic E-state index is 14.2. The Kier molecular flexibility index (Phi) is 7.69. The van der Waals surface area contributed by atoms with E-state index in [0.717, 1.165) is 11.1 Å².